The molecule has 1 aliphatic heterocycles. The molecule has 0 aliphatic carbocycles. The molecule has 0 bridgehead atoms. The first kappa shape index (κ1) is 21.9. The molecule has 0 N–H and O–H groups in total. The monoisotopic (exact) mass is 476 g/mol. The summed E-state index contributed by atoms with van der Waals surface area (Å²) in [5, 5.41) is 0.693. The number of rotatable bonds is 7. The van der Waals surface area contributed by atoms with E-state index < -0.39 is 0 Å². The summed E-state index contributed by atoms with van der Waals surface area (Å²) in [5.74, 6) is 1.25. The lowest BCUT2D eigenvalue weighted by Gasteiger charge is -2.23. The molecule has 33 heavy (non-hydrogen) atoms. The van der Waals surface area contributed by atoms with Crippen LogP contribution in [0, 0.1) is 0 Å². The molecule has 5 rings (SSSR count). The SMILES string of the molecule is CSc1ccc2nc(N(CC3CCCO3)C(=O)c3cccc(Oc4ccccc4)c3)sc2c1. The van der Waals surface area contributed by atoms with E-state index in [1.807, 2.05) is 54.6 Å². The van der Waals surface area contributed by atoms with Crippen LogP contribution >= 0.6 is 23.1 Å². The highest BCUT2D eigenvalue weighted by atomic mass is 32.2. The molecule has 4 aromatic rings. The highest BCUT2D eigenvalue weighted by Crippen LogP contribution is 2.33. The minimum atomic E-state index is -0.104. The van der Waals surface area contributed by atoms with Gasteiger partial charge in [0.05, 0.1) is 22.9 Å². The standard InChI is InChI=1S/C26H24N2O3S2/c1-32-22-12-13-23-24(16-22)33-26(27-23)28(17-21-11-6-14-30-21)25(29)18-7-5-10-20(15-18)31-19-8-3-2-4-9-19/h2-5,7-10,12-13,15-16,21H,6,11,14,17H2,1H3. The van der Waals surface area contributed by atoms with E-state index in [0.29, 0.717) is 23.0 Å². The minimum absolute atomic E-state index is 0.0199. The van der Waals surface area contributed by atoms with E-state index in [0.717, 1.165) is 35.4 Å². The van der Waals surface area contributed by atoms with E-state index in [-0.39, 0.29) is 12.0 Å². The van der Waals surface area contributed by atoms with Crippen LogP contribution in [0.5, 0.6) is 11.5 Å². The zero-order valence-corrected chi connectivity index (χ0v) is 19.9. The van der Waals surface area contributed by atoms with Gasteiger partial charge in [0.1, 0.15) is 11.5 Å². The van der Waals surface area contributed by atoms with Gasteiger partial charge in [0, 0.05) is 17.1 Å². The van der Waals surface area contributed by atoms with Crippen molar-refractivity contribution in [3.8, 4) is 11.5 Å². The normalized spacial score (nSPS) is 15.6. The van der Waals surface area contributed by atoms with Crippen molar-refractivity contribution in [1.29, 1.82) is 0 Å². The van der Waals surface area contributed by atoms with Gasteiger partial charge in [-0.15, -0.1) is 11.8 Å². The summed E-state index contributed by atoms with van der Waals surface area (Å²) >= 11 is 3.24. The molecular weight excluding hydrogens is 452 g/mol. The summed E-state index contributed by atoms with van der Waals surface area (Å²) in [6, 6.07) is 23.1. The molecule has 1 aliphatic rings. The van der Waals surface area contributed by atoms with E-state index in [1.165, 1.54) is 4.90 Å². The summed E-state index contributed by atoms with van der Waals surface area (Å²) < 4.78 is 12.9. The van der Waals surface area contributed by atoms with Crippen molar-refractivity contribution in [2.75, 3.05) is 24.3 Å². The van der Waals surface area contributed by atoms with Crippen LogP contribution in [0.4, 0.5) is 5.13 Å². The lowest BCUT2D eigenvalue weighted by atomic mass is 10.1. The van der Waals surface area contributed by atoms with E-state index in [4.69, 9.17) is 14.5 Å². The Morgan fingerprint density at radius 3 is 2.76 bits per heavy atom. The van der Waals surface area contributed by atoms with E-state index in [9.17, 15) is 4.79 Å². The second-order valence-corrected chi connectivity index (χ2v) is 9.71. The van der Waals surface area contributed by atoms with Crippen LogP contribution in [0.3, 0.4) is 0 Å². The maximum atomic E-state index is 13.7. The van der Waals surface area contributed by atoms with Crippen LogP contribution < -0.4 is 9.64 Å². The number of amides is 1. The average Bonchev–Trinajstić information content (AvgIpc) is 3.52. The number of anilines is 1. The Balaban J connectivity index is 1.46. The van der Waals surface area contributed by atoms with Crippen LogP contribution in [0.25, 0.3) is 10.2 Å². The molecule has 7 heteroatoms. The number of thioether (sulfide) groups is 1. The molecule has 0 radical (unpaired) electrons. The van der Waals surface area contributed by atoms with Gasteiger partial charge < -0.3 is 9.47 Å². The predicted octanol–water partition coefficient (Wildman–Crippen LogP) is 6.64. The number of ether oxygens (including phenoxy) is 2. The van der Waals surface area contributed by atoms with Crippen LogP contribution in [0.2, 0.25) is 0 Å². The number of fused-ring (bicyclic) bond motifs is 1. The largest absolute Gasteiger partial charge is 0.457 e. The highest BCUT2D eigenvalue weighted by Gasteiger charge is 2.27. The van der Waals surface area contributed by atoms with Crippen molar-refractivity contribution in [3.63, 3.8) is 0 Å². The van der Waals surface area contributed by atoms with Crippen molar-refractivity contribution in [3.05, 3.63) is 78.4 Å². The number of thiazole rings is 1. The van der Waals surface area contributed by atoms with E-state index >= 15 is 0 Å². The second-order valence-electron chi connectivity index (χ2n) is 7.82. The average molecular weight is 477 g/mol. The number of para-hydroxylation sites is 1. The summed E-state index contributed by atoms with van der Waals surface area (Å²) in [6.07, 6.45) is 4.04. The van der Waals surface area contributed by atoms with Gasteiger partial charge in [-0.2, -0.15) is 0 Å². The van der Waals surface area contributed by atoms with Gasteiger partial charge in [0.25, 0.3) is 5.91 Å². The smallest absolute Gasteiger partial charge is 0.260 e. The first-order chi connectivity index (χ1) is 16.2. The van der Waals surface area contributed by atoms with Crippen molar-refractivity contribution in [1.82, 2.24) is 4.98 Å². The summed E-state index contributed by atoms with van der Waals surface area (Å²) in [5.41, 5.74) is 1.46. The molecule has 0 spiro atoms. The maximum Gasteiger partial charge on any atom is 0.260 e. The topological polar surface area (TPSA) is 51.7 Å². The third-order valence-corrected chi connectivity index (χ3v) is 7.30. The zero-order chi connectivity index (χ0) is 22.6. The summed E-state index contributed by atoms with van der Waals surface area (Å²) in [6.45, 7) is 1.22. The molecule has 1 unspecified atom stereocenters. The van der Waals surface area contributed by atoms with Crippen molar-refractivity contribution >= 4 is 44.4 Å². The Bertz CT molecular complexity index is 1250. The third-order valence-electron chi connectivity index (χ3n) is 5.53. The number of hydrogen-bond acceptors (Lipinski definition) is 6. The Hall–Kier alpha value is -2.87. The summed E-state index contributed by atoms with van der Waals surface area (Å²) in [7, 11) is 0. The maximum absolute atomic E-state index is 13.7. The predicted molar refractivity (Wildman–Crippen MR) is 135 cm³/mol. The fraction of sp³-hybridized carbons (Fsp3) is 0.231. The van der Waals surface area contributed by atoms with Crippen LogP contribution in [-0.2, 0) is 4.74 Å². The van der Waals surface area contributed by atoms with Gasteiger partial charge in [-0.1, -0.05) is 35.6 Å². The van der Waals surface area contributed by atoms with Crippen LogP contribution in [0.1, 0.15) is 23.2 Å². The van der Waals surface area contributed by atoms with Gasteiger partial charge in [-0.05, 0) is 67.6 Å². The molecule has 3 aromatic carbocycles. The molecule has 168 valence electrons. The quantitative estimate of drug-likeness (QED) is 0.280. The lowest BCUT2D eigenvalue weighted by molar-refractivity contribution is 0.0917. The Morgan fingerprint density at radius 2 is 1.97 bits per heavy atom. The minimum Gasteiger partial charge on any atom is -0.457 e. The number of carbonyl (C=O) groups excluding carboxylic acids is 1. The van der Waals surface area contributed by atoms with Crippen LogP contribution in [0.15, 0.2) is 77.7 Å². The highest BCUT2D eigenvalue weighted by molar-refractivity contribution is 7.98. The number of aromatic nitrogens is 1. The van der Waals surface area contributed by atoms with Gasteiger partial charge in [0.2, 0.25) is 0 Å². The Labute approximate surface area is 201 Å². The van der Waals surface area contributed by atoms with Crippen molar-refractivity contribution in [2.24, 2.45) is 0 Å². The molecule has 1 saturated heterocycles. The number of carbonyl (C=O) groups is 1. The number of hydrogen-bond donors (Lipinski definition) is 0. The van der Waals surface area contributed by atoms with Gasteiger partial charge in [0.15, 0.2) is 5.13 Å². The Kier molecular flexibility index (Phi) is 6.62. The third kappa shape index (κ3) is 5.05. The van der Waals surface area contributed by atoms with Crippen molar-refractivity contribution < 1.29 is 14.3 Å². The molecule has 5 nitrogen and oxygen atoms in total. The fourth-order valence-electron chi connectivity index (χ4n) is 3.85. The van der Waals surface area contributed by atoms with Crippen molar-refractivity contribution in [2.45, 2.75) is 23.8 Å². The van der Waals surface area contributed by atoms with E-state index in [1.54, 1.807) is 34.1 Å². The van der Waals surface area contributed by atoms with E-state index in [2.05, 4.69) is 18.4 Å². The molecule has 1 aromatic heterocycles. The molecule has 1 atom stereocenters. The summed E-state index contributed by atoms with van der Waals surface area (Å²) in [4.78, 5) is 21.5. The fourth-order valence-corrected chi connectivity index (χ4v) is 5.38. The van der Waals surface area contributed by atoms with Crippen LogP contribution in [-0.4, -0.2) is 36.4 Å². The molecule has 2 heterocycles. The molecular formula is C26H24N2O3S2. The molecule has 1 fully saturated rings. The zero-order valence-electron chi connectivity index (χ0n) is 18.3. The Morgan fingerprint density at radius 1 is 1.12 bits per heavy atom. The number of nitrogens with zero attached hydrogens (tertiary/aromatic N) is 2. The number of benzene rings is 3. The lowest BCUT2D eigenvalue weighted by Crippen LogP contribution is -2.37. The second kappa shape index (κ2) is 9.95. The van der Waals surface area contributed by atoms with Gasteiger partial charge >= 0.3 is 0 Å². The first-order valence-electron chi connectivity index (χ1n) is 10.9. The first-order valence-corrected chi connectivity index (χ1v) is 12.9. The van der Waals surface area contributed by atoms with Gasteiger partial charge in [-0.25, -0.2) is 4.98 Å². The molecule has 1 amide bonds. The van der Waals surface area contributed by atoms with Gasteiger partial charge in [-0.3, -0.25) is 9.69 Å². The molecule has 0 saturated carbocycles.